The van der Waals surface area contributed by atoms with Crippen molar-refractivity contribution in [1.82, 2.24) is 0 Å². The van der Waals surface area contributed by atoms with E-state index in [0.29, 0.717) is 0 Å². The first-order valence-corrected chi connectivity index (χ1v) is 8.25. The van der Waals surface area contributed by atoms with Crippen LogP contribution in [0.15, 0.2) is 0 Å². The Labute approximate surface area is 280 Å². The van der Waals surface area contributed by atoms with Crippen LogP contribution in [-0.2, 0) is 63.7 Å². The first kappa shape index (κ1) is 44.8. The number of hydrogen-bond donors (Lipinski definition) is 0. The van der Waals surface area contributed by atoms with Crippen LogP contribution in [0.3, 0.4) is 0 Å². The average molecular weight is 701 g/mol. The van der Waals surface area contributed by atoms with Crippen molar-refractivity contribution < 1.29 is 191 Å². The minimum atomic E-state index is -5.75. The third-order valence-electron chi connectivity index (χ3n) is 0. The van der Waals surface area contributed by atoms with E-state index in [4.69, 9.17) is 47.8 Å². The standard InChI is InChI=1S/2Ba.3Cr.2K.12O/q2*+2;;;;2*+1;;;;;;;6*-1. The summed E-state index contributed by atoms with van der Waals surface area (Å²) in [5, 5.41) is 0. The molecule has 0 unspecified atom stereocenters. The average Bonchev–Trinajstić information content (AvgIpc) is 1.41. The second-order valence-electron chi connectivity index (χ2n) is 1.22. The van der Waals surface area contributed by atoms with Gasteiger partial charge in [0.25, 0.3) is 0 Å². The molecule has 0 saturated carbocycles. The van der Waals surface area contributed by atoms with Crippen molar-refractivity contribution in [1.29, 1.82) is 0 Å². The van der Waals surface area contributed by atoms with Crippen molar-refractivity contribution >= 4 is 97.8 Å². The van der Waals surface area contributed by atoms with Gasteiger partial charge >= 0.3 is 289 Å². The summed E-state index contributed by atoms with van der Waals surface area (Å²) in [6.07, 6.45) is 0. The van der Waals surface area contributed by atoms with Gasteiger partial charge in [-0.15, -0.1) is 0 Å². The Balaban J connectivity index is -0.0000000206. The molecule has 0 saturated heterocycles. The van der Waals surface area contributed by atoms with Gasteiger partial charge in [-0.1, -0.05) is 0 Å². The van der Waals surface area contributed by atoms with E-state index in [0.717, 1.165) is 0 Å². The van der Waals surface area contributed by atoms with Crippen molar-refractivity contribution in [2.45, 2.75) is 0 Å². The topological polar surface area (TPSA) is 241 Å². The van der Waals surface area contributed by atoms with Crippen molar-refractivity contribution in [3.05, 3.63) is 0 Å². The molecule has 0 spiro atoms. The summed E-state index contributed by atoms with van der Waals surface area (Å²) in [6.45, 7) is 0. The Kier molecular flexibility index (Phi) is 53.3. The molecule has 96 valence electrons. The molecule has 0 heterocycles. The molecule has 0 aliphatic carbocycles. The van der Waals surface area contributed by atoms with Crippen molar-refractivity contribution in [2.24, 2.45) is 0 Å². The molecular weight excluding hydrogens is 701 g/mol. The first-order valence-electron chi connectivity index (χ1n) is 2.00. The van der Waals surface area contributed by atoms with Gasteiger partial charge in [0.05, 0.1) is 0 Å². The number of rotatable bonds is 0. The summed E-state index contributed by atoms with van der Waals surface area (Å²) < 4.78 is 103. The zero-order valence-corrected chi connectivity index (χ0v) is 28.5. The molecular formula is Ba2Cr3K2O12. The monoisotopic (exact) mass is 701 g/mol. The minimum absolute atomic E-state index is 0. The second-order valence-corrected chi connectivity index (χ2v) is 5.05. The van der Waals surface area contributed by atoms with E-state index >= 15 is 0 Å². The van der Waals surface area contributed by atoms with Gasteiger partial charge in [0, 0.05) is 0 Å². The van der Waals surface area contributed by atoms with E-state index in [-0.39, 0.29) is 201 Å². The molecule has 0 atom stereocenters. The Hall–Kier alpha value is 6.57. The van der Waals surface area contributed by atoms with Crippen LogP contribution in [0.5, 0.6) is 0 Å². The fourth-order valence-electron chi connectivity index (χ4n) is 0. The zero-order valence-electron chi connectivity index (χ0n) is 9.54. The van der Waals surface area contributed by atoms with Gasteiger partial charge in [-0.05, 0) is 0 Å². The quantitative estimate of drug-likeness (QED) is 0.214. The summed E-state index contributed by atoms with van der Waals surface area (Å²) in [5.41, 5.74) is 0. The molecule has 0 radical (unpaired) electrons. The first-order chi connectivity index (χ1) is 6.00. The summed E-state index contributed by atoms with van der Waals surface area (Å²) >= 11 is -17.2. The van der Waals surface area contributed by atoms with Crippen LogP contribution >= 0.6 is 0 Å². The van der Waals surface area contributed by atoms with Gasteiger partial charge in [-0.3, -0.25) is 0 Å². The predicted octanol–water partition coefficient (Wildman–Crippen LogP) is -14.6. The van der Waals surface area contributed by atoms with E-state index < -0.39 is 40.8 Å². The van der Waals surface area contributed by atoms with Crippen LogP contribution in [0, 0.1) is 0 Å². The maximum absolute atomic E-state index is 8.59. The third kappa shape index (κ3) is 290. The van der Waals surface area contributed by atoms with E-state index in [9.17, 15) is 0 Å². The molecule has 0 rings (SSSR count). The van der Waals surface area contributed by atoms with Crippen LogP contribution in [0.25, 0.3) is 0 Å². The molecule has 12 nitrogen and oxygen atoms in total. The molecule has 0 aromatic carbocycles. The Morgan fingerprint density at radius 1 is 0.421 bits per heavy atom. The predicted molar refractivity (Wildman–Crippen MR) is 15.6 cm³/mol. The Morgan fingerprint density at radius 3 is 0.421 bits per heavy atom. The molecule has 19 heteroatoms. The summed E-state index contributed by atoms with van der Waals surface area (Å²) in [6, 6.07) is 0. The van der Waals surface area contributed by atoms with E-state index in [2.05, 4.69) is 0 Å². The van der Waals surface area contributed by atoms with E-state index in [1.54, 1.807) is 0 Å². The zero-order chi connectivity index (χ0) is 13.5. The van der Waals surface area contributed by atoms with Crippen molar-refractivity contribution in [3.63, 3.8) is 0 Å². The summed E-state index contributed by atoms with van der Waals surface area (Å²) in [7, 11) is 0. The Bertz CT molecular complexity index is 350. The SMILES string of the molecule is [Ba+2].[Ba+2].[K+].[K+].[O]=[Cr](=[O])([O-])[O-].[O]=[Cr](=[O])([O-])[O-].[O]=[Cr](=[O])([O-])[O-]. The fraction of sp³-hybridized carbons (Fsp3) is 0. The van der Waals surface area contributed by atoms with Gasteiger partial charge in [0.1, 0.15) is 0 Å². The normalized spacial score (nSPS) is 9.16. The molecule has 0 aliphatic rings. The van der Waals surface area contributed by atoms with Gasteiger partial charge in [-0.2, -0.15) is 0 Å². The third-order valence-corrected chi connectivity index (χ3v) is 0. The number of hydrogen-bond acceptors (Lipinski definition) is 12. The van der Waals surface area contributed by atoms with Gasteiger partial charge < -0.3 is 0 Å². The maximum atomic E-state index is 8.59. The molecule has 0 bridgehead atoms. The van der Waals surface area contributed by atoms with Crippen LogP contribution < -0.4 is 128 Å². The molecule has 19 heavy (non-hydrogen) atoms. The molecule has 0 aromatic heterocycles. The van der Waals surface area contributed by atoms with Gasteiger partial charge in [0.2, 0.25) is 0 Å². The summed E-state index contributed by atoms with van der Waals surface area (Å²) in [4.78, 5) is 0. The van der Waals surface area contributed by atoms with Crippen LogP contribution in [0.1, 0.15) is 0 Å². The summed E-state index contributed by atoms with van der Waals surface area (Å²) in [5.74, 6) is 0. The molecule has 0 fully saturated rings. The van der Waals surface area contributed by atoms with Gasteiger partial charge in [-0.25, -0.2) is 0 Å². The Morgan fingerprint density at radius 2 is 0.421 bits per heavy atom. The van der Waals surface area contributed by atoms with Gasteiger partial charge in [0.15, 0.2) is 0 Å². The molecule has 0 N–H and O–H groups in total. The molecule has 0 aliphatic heterocycles. The second kappa shape index (κ2) is 22.6. The van der Waals surface area contributed by atoms with Crippen LogP contribution in [0.4, 0.5) is 0 Å². The molecule has 0 amide bonds. The van der Waals surface area contributed by atoms with Crippen LogP contribution in [0.2, 0.25) is 0 Å². The van der Waals surface area contributed by atoms with E-state index in [1.807, 2.05) is 0 Å². The van der Waals surface area contributed by atoms with Crippen LogP contribution in [-0.4, -0.2) is 97.8 Å². The van der Waals surface area contributed by atoms with E-state index in [1.165, 1.54) is 0 Å². The fourth-order valence-corrected chi connectivity index (χ4v) is 0. The van der Waals surface area contributed by atoms with Crippen molar-refractivity contribution in [3.8, 4) is 0 Å². The molecule has 0 aromatic rings. The van der Waals surface area contributed by atoms with Crippen molar-refractivity contribution in [2.75, 3.05) is 0 Å².